The maximum atomic E-state index is 12.4. The molecule has 2 aromatic carbocycles. The Labute approximate surface area is 169 Å². The molecule has 1 aromatic heterocycles. The van der Waals surface area contributed by atoms with Gasteiger partial charge in [0.15, 0.2) is 0 Å². The van der Waals surface area contributed by atoms with Crippen LogP contribution in [0.2, 0.25) is 0 Å². The van der Waals surface area contributed by atoms with Crippen LogP contribution in [0.1, 0.15) is 16.1 Å². The van der Waals surface area contributed by atoms with Crippen LogP contribution in [-0.2, 0) is 4.79 Å². The Morgan fingerprint density at radius 2 is 1.86 bits per heavy atom. The molecule has 0 unspecified atom stereocenters. The number of carboxylic acids is 1. The van der Waals surface area contributed by atoms with Gasteiger partial charge in [0.05, 0.1) is 5.56 Å². The van der Waals surface area contributed by atoms with E-state index in [-0.39, 0.29) is 11.1 Å². The van der Waals surface area contributed by atoms with Crippen LogP contribution < -0.4 is 5.32 Å². The number of benzene rings is 2. The zero-order chi connectivity index (χ0) is 20.1. The van der Waals surface area contributed by atoms with E-state index >= 15 is 0 Å². The number of hydrogen-bond donors (Lipinski definition) is 2. The van der Waals surface area contributed by atoms with Crippen molar-refractivity contribution in [2.45, 2.75) is 0 Å². The number of hydrogen-bond acceptors (Lipinski definition) is 3. The smallest absolute Gasteiger partial charge is 0.335 e. The Morgan fingerprint density at radius 1 is 1.11 bits per heavy atom. The topological polar surface area (TPSA) is 95.1 Å². The highest BCUT2D eigenvalue weighted by Gasteiger charge is 2.12. The van der Waals surface area contributed by atoms with Gasteiger partial charge in [-0.15, -0.1) is 0 Å². The number of carbonyl (C=O) groups excluding carboxylic acids is 1. The van der Waals surface area contributed by atoms with Gasteiger partial charge in [0.1, 0.15) is 11.6 Å². The Hall–Kier alpha value is -3.63. The van der Waals surface area contributed by atoms with Crippen molar-refractivity contribution < 1.29 is 14.7 Å². The average Bonchev–Trinajstić information content (AvgIpc) is 3.16. The number of aromatic nitrogens is 1. The van der Waals surface area contributed by atoms with Crippen molar-refractivity contribution in [2.75, 3.05) is 5.32 Å². The number of halogens is 1. The molecule has 0 fully saturated rings. The maximum Gasteiger partial charge on any atom is 0.335 e. The second kappa shape index (κ2) is 8.37. The largest absolute Gasteiger partial charge is 0.478 e. The molecule has 0 saturated carbocycles. The maximum absolute atomic E-state index is 12.4. The van der Waals surface area contributed by atoms with Gasteiger partial charge >= 0.3 is 5.97 Å². The molecule has 0 aliphatic carbocycles. The number of carboxylic acid groups (broad SMARTS) is 1. The van der Waals surface area contributed by atoms with Gasteiger partial charge < -0.3 is 15.0 Å². The van der Waals surface area contributed by atoms with E-state index in [1.807, 2.05) is 6.07 Å². The number of amides is 1. The van der Waals surface area contributed by atoms with E-state index in [0.29, 0.717) is 17.1 Å². The molecule has 1 heterocycles. The molecular weight excluding hydrogens is 422 g/mol. The van der Waals surface area contributed by atoms with E-state index in [9.17, 15) is 14.9 Å². The van der Waals surface area contributed by atoms with E-state index in [4.69, 9.17) is 5.11 Å². The fraction of sp³-hybridized carbons (Fsp3) is 0. The van der Waals surface area contributed by atoms with Gasteiger partial charge in [0.2, 0.25) is 0 Å². The molecular formula is C21H14BrN3O3. The summed E-state index contributed by atoms with van der Waals surface area (Å²) >= 11 is 3.32. The van der Waals surface area contributed by atoms with Crippen molar-refractivity contribution in [3.8, 4) is 11.8 Å². The summed E-state index contributed by atoms with van der Waals surface area (Å²) < 4.78 is 2.58. The third-order valence-electron chi connectivity index (χ3n) is 3.91. The summed E-state index contributed by atoms with van der Waals surface area (Å²) in [5.74, 6) is -1.56. The summed E-state index contributed by atoms with van der Waals surface area (Å²) in [4.78, 5) is 23.6. The third kappa shape index (κ3) is 4.37. The minimum Gasteiger partial charge on any atom is -0.478 e. The predicted molar refractivity (Wildman–Crippen MR) is 109 cm³/mol. The fourth-order valence-electron chi connectivity index (χ4n) is 2.56. The number of nitrogens with zero attached hydrogens (tertiary/aromatic N) is 2. The Morgan fingerprint density at radius 3 is 2.54 bits per heavy atom. The molecule has 3 aromatic rings. The SMILES string of the molecule is N#C/C(=C/c1cccn1-c1cccc(C(=O)O)c1)C(=O)Nc1ccc(Br)cc1. The van der Waals surface area contributed by atoms with Gasteiger partial charge in [0, 0.05) is 27.7 Å². The molecule has 6 nitrogen and oxygen atoms in total. The number of anilines is 1. The van der Waals surface area contributed by atoms with Crippen molar-refractivity contribution in [3.05, 3.63) is 88.2 Å². The van der Waals surface area contributed by atoms with Gasteiger partial charge in [0.25, 0.3) is 5.91 Å². The fourth-order valence-corrected chi connectivity index (χ4v) is 2.83. The molecule has 0 aliphatic heterocycles. The lowest BCUT2D eigenvalue weighted by atomic mass is 10.2. The Kier molecular flexibility index (Phi) is 5.72. The predicted octanol–water partition coefficient (Wildman–Crippen LogP) is 4.48. The summed E-state index contributed by atoms with van der Waals surface area (Å²) in [6.07, 6.45) is 3.19. The average molecular weight is 436 g/mol. The van der Waals surface area contributed by atoms with Crippen LogP contribution in [-0.4, -0.2) is 21.6 Å². The van der Waals surface area contributed by atoms with Crippen LogP contribution in [0.15, 0.2) is 76.9 Å². The number of nitrogens with one attached hydrogen (secondary N) is 1. The number of nitriles is 1. The molecule has 0 bridgehead atoms. The van der Waals surface area contributed by atoms with E-state index in [2.05, 4.69) is 21.2 Å². The molecule has 0 atom stereocenters. The molecule has 2 N–H and O–H groups in total. The molecule has 0 saturated heterocycles. The van der Waals surface area contributed by atoms with Gasteiger partial charge in [-0.05, 0) is 60.7 Å². The van der Waals surface area contributed by atoms with E-state index < -0.39 is 11.9 Å². The molecule has 28 heavy (non-hydrogen) atoms. The highest BCUT2D eigenvalue weighted by atomic mass is 79.9. The van der Waals surface area contributed by atoms with Crippen molar-refractivity contribution in [1.82, 2.24) is 4.57 Å². The van der Waals surface area contributed by atoms with Crippen molar-refractivity contribution in [1.29, 1.82) is 5.26 Å². The number of carbonyl (C=O) groups is 2. The second-order valence-electron chi connectivity index (χ2n) is 5.79. The molecule has 1 amide bonds. The van der Waals surface area contributed by atoms with E-state index in [1.165, 1.54) is 18.2 Å². The molecule has 0 spiro atoms. The molecule has 3 rings (SSSR count). The molecule has 138 valence electrons. The zero-order valence-corrected chi connectivity index (χ0v) is 16.1. The molecule has 0 aliphatic rings. The first kappa shape index (κ1) is 19.1. The minimum atomic E-state index is -1.03. The summed E-state index contributed by atoms with van der Waals surface area (Å²) in [5.41, 5.74) is 1.83. The highest BCUT2D eigenvalue weighted by molar-refractivity contribution is 9.10. The van der Waals surface area contributed by atoms with Crippen LogP contribution in [0.5, 0.6) is 0 Å². The lowest BCUT2D eigenvalue weighted by Gasteiger charge is -2.08. The lowest BCUT2D eigenvalue weighted by Crippen LogP contribution is -2.13. The standard InChI is InChI=1S/C21H14BrN3O3/c22-16-6-8-17(9-7-16)24-20(26)15(13-23)12-19-5-2-10-25(19)18-4-1-3-14(11-18)21(27)28/h1-12H,(H,24,26)(H,27,28)/b15-12-. The van der Waals surface area contributed by atoms with Crippen LogP contribution in [0, 0.1) is 11.3 Å². The first-order valence-electron chi connectivity index (χ1n) is 8.18. The van der Waals surface area contributed by atoms with Crippen LogP contribution >= 0.6 is 15.9 Å². The van der Waals surface area contributed by atoms with E-state index in [0.717, 1.165) is 4.47 Å². The van der Waals surface area contributed by atoms with Crippen molar-refractivity contribution >= 4 is 39.6 Å². The van der Waals surface area contributed by atoms with Gasteiger partial charge in [-0.3, -0.25) is 4.79 Å². The normalized spacial score (nSPS) is 10.9. The summed E-state index contributed by atoms with van der Waals surface area (Å²) in [7, 11) is 0. The zero-order valence-electron chi connectivity index (χ0n) is 14.5. The molecule has 0 radical (unpaired) electrons. The lowest BCUT2D eigenvalue weighted by molar-refractivity contribution is -0.112. The van der Waals surface area contributed by atoms with Crippen LogP contribution in [0.3, 0.4) is 0 Å². The third-order valence-corrected chi connectivity index (χ3v) is 4.44. The highest BCUT2D eigenvalue weighted by Crippen LogP contribution is 2.19. The monoisotopic (exact) mass is 435 g/mol. The summed E-state index contributed by atoms with van der Waals surface area (Å²) in [5, 5.41) is 21.3. The second-order valence-corrected chi connectivity index (χ2v) is 6.71. The Balaban J connectivity index is 1.90. The quantitative estimate of drug-likeness (QED) is 0.455. The van der Waals surface area contributed by atoms with Crippen LogP contribution in [0.25, 0.3) is 11.8 Å². The van der Waals surface area contributed by atoms with Crippen molar-refractivity contribution in [2.24, 2.45) is 0 Å². The van der Waals surface area contributed by atoms with Crippen molar-refractivity contribution in [3.63, 3.8) is 0 Å². The van der Waals surface area contributed by atoms with Crippen LogP contribution in [0.4, 0.5) is 5.69 Å². The van der Waals surface area contributed by atoms with Gasteiger partial charge in [-0.1, -0.05) is 22.0 Å². The first-order chi connectivity index (χ1) is 13.5. The summed E-state index contributed by atoms with van der Waals surface area (Å²) in [6, 6.07) is 18.8. The van der Waals surface area contributed by atoms with Gasteiger partial charge in [-0.2, -0.15) is 5.26 Å². The van der Waals surface area contributed by atoms with E-state index in [1.54, 1.807) is 59.3 Å². The first-order valence-corrected chi connectivity index (χ1v) is 8.97. The Bertz CT molecular complexity index is 1110. The molecule has 7 heteroatoms. The minimum absolute atomic E-state index is 0.0720. The summed E-state index contributed by atoms with van der Waals surface area (Å²) in [6.45, 7) is 0. The number of aromatic carboxylic acids is 1. The van der Waals surface area contributed by atoms with Gasteiger partial charge in [-0.25, -0.2) is 4.79 Å². The number of rotatable bonds is 5.